The van der Waals surface area contributed by atoms with Gasteiger partial charge in [-0.1, -0.05) is 11.6 Å². The molecule has 0 aromatic carbocycles. The van der Waals surface area contributed by atoms with Crippen molar-refractivity contribution in [2.75, 3.05) is 5.32 Å². The molecule has 1 aliphatic rings. The van der Waals surface area contributed by atoms with Crippen LogP contribution in [0.15, 0.2) is 10.5 Å². The van der Waals surface area contributed by atoms with E-state index in [1.165, 1.54) is 0 Å². The molecular formula is C7H2BrClF2N2O. The summed E-state index contributed by atoms with van der Waals surface area (Å²) in [4.78, 5) is 14.4. The van der Waals surface area contributed by atoms with E-state index in [2.05, 4.69) is 20.9 Å². The number of hydrogen-bond donors (Lipinski definition) is 1. The van der Waals surface area contributed by atoms with Crippen LogP contribution in [0.3, 0.4) is 0 Å². The highest BCUT2D eigenvalue weighted by Gasteiger charge is 2.49. The van der Waals surface area contributed by atoms with Crippen molar-refractivity contribution in [1.29, 1.82) is 0 Å². The number of pyridine rings is 1. The quantitative estimate of drug-likeness (QED) is 0.744. The molecule has 1 N–H and O–H groups in total. The van der Waals surface area contributed by atoms with E-state index in [0.29, 0.717) is 0 Å². The van der Waals surface area contributed by atoms with E-state index in [0.717, 1.165) is 6.07 Å². The number of fused-ring (bicyclic) bond motifs is 1. The zero-order valence-electron chi connectivity index (χ0n) is 6.44. The standard InChI is InChI=1S/C7H2BrClF2N2O/c8-3-1-2-5(12-4(3)9)13-6(14)7(2,10)11/h1H,(H,12,13,14). The third kappa shape index (κ3) is 1.21. The summed E-state index contributed by atoms with van der Waals surface area (Å²) in [7, 11) is 0. The molecule has 0 saturated carbocycles. The fraction of sp³-hybridized carbons (Fsp3) is 0.143. The first-order valence-corrected chi connectivity index (χ1v) is 4.66. The van der Waals surface area contributed by atoms with E-state index >= 15 is 0 Å². The molecule has 2 rings (SSSR count). The van der Waals surface area contributed by atoms with E-state index in [1.807, 2.05) is 5.32 Å². The van der Waals surface area contributed by atoms with E-state index in [9.17, 15) is 13.6 Å². The molecule has 14 heavy (non-hydrogen) atoms. The Labute approximate surface area is 90.6 Å². The highest BCUT2D eigenvalue weighted by atomic mass is 79.9. The maximum Gasteiger partial charge on any atom is 0.353 e. The first-order valence-electron chi connectivity index (χ1n) is 3.48. The van der Waals surface area contributed by atoms with Crippen LogP contribution in [0.4, 0.5) is 14.6 Å². The number of nitrogens with one attached hydrogen (secondary N) is 1. The number of nitrogens with zero attached hydrogens (tertiary/aromatic N) is 1. The van der Waals surface area contributed by atoms with Crippen LogP contribution in [0.5, 0.6) is 0 Å². The average Bonchev–Trinajstić information content (AvgIpc) is 2.28. The molecule has 0 atom stereocenters. The molecule has 1 aromatic rings. The number of rotatable bonds is 0. The van der Waals surface area contributed by atoms with Crippen molar-refractivity contribution in [1.82, 2.24) is 4.98 Å². The van der Waals surface area contributed by atoms with Gasteiger partial charge in [-0.05, 0) is 22.0 Å². The average molecular weight is 283 g/mol. The van der Waals surface area contributed by atoms with Gasteiger partial charge in [-0.25, -0.2) is 4.98 Å². The van der Waals surface area contributed by atoms with Gasteiger partial charge in [0, 0.05) is 0 Å². The van der Waals surface area contributed by atoms with Crippen molar-refractivity contribution >= 4 is 39.3 Å². The molecule has 74 valence electrons. The number of carbonyl (C=O) groups is 1. The molecule has 2 heterocycles. The highest BCUT2D eigenvalue weighted by Crippen LogP contribution is 2.41. The van der Waals surface area contributed by atoms with Gasteiger partial charge in [0.05, 0.1) is 10.0 Å². The lowest BCUT2D eigenvalue weighted by Gasteiger charge is -2.05. The Bertz CT molecular complexity index is 438. The van der Waals surface area contributed by atoms with Crippen molar-refractivity contribution in [3.8, 4) is 0 Å². The van der Waals surface area contributed by atoms with Gasteiger partial charge in [0.2, 0.25) is 0 Å². The molecule has 1 aromatic heterocycles. The van der Waals surface area contributed by atoms with Crippen LogP contribution in [0.2, 0.25) is 5.15 Å². The number of amides is 1. The normalized spacial score (nSPS) is 17.9. The van der Waals surface area contributed by atoms with Crippen molar-refractivity contribution in [3.63, 3.8) is 0 Å². The summed E-state index contributed by atoms with van der Waals surface area (Å²) in [5.74, 6) is -5.10. The summed E-state index contributed by atoms with van der Waals surface area (Å²) in [5.41, 5.74) is -0.459. The van der Waals surface area contributed by atoms with Crippen molar-refractivity contribution in [2.45, 2.75) is 5.92 Å². The minimum atomic E-state index is -3.53. The Morgan fingerprint density at radius 3 is 2.86 bits per heavy atom. The summed E-state index contributed by atoms with van der Waals surface area (Å²) in [6.07, 6.45) is 0. The summed E-state index contributed by atoms with van der Waals surface area (Å²) in [5, 5.41) is 1.98. The third-order valence-corrected chi connectivity index (χ3v) is 2.91. The van der Waals surface area contributed by atoms with Crippen LogP contribution in [-0.2, 0) is 10.7 Å². The predicted octanol–water partition coefficient (Wildman–Crippen LogP) is 2.54. The van der Waals surface area contributed by atoms with Gasteiger partial charge < -0.3 is 5.32 Å². The first-order chi connectivity index (χ1) is 6.43. The number of alkyl halides is 2. The van der Waals surface area contributed by atoms with Gasteiger partial charge in [0.25, 0.3) is 0 Å². The van der Waals surface area contributed by atoms with Crippen LogP contribution in [0.25, 0.3) is 0 Å². The monoisotopic (exact) mass is 282 g/mol. The smallest absolute Gasteiger partial charge is 0.305 e. The van der Waals surface area contributed by atoms with Crippen LogP contribution in [0.1, 0.15) is 5.56 Å². The Hall–Kier alpha value is -0.750. The largest absolute Gasteiger partial charge is 0.353 e. The zero-order chi connectivity index (χ0) is 10.5. The van der Waals surface area contributed by atoms with Crippen LogP contribution in [0, 0.1) is 0 Å². The van der Waals surface area contributed by atoms with Crippen molar-refractivity contribution in [3.05, 3.63) is 21.3 Å². The van der Waals surface area contributed by atoms with E-state index in [1.54, 1.807) is 0 Å². The van der Waals surface area contributed by atoms with Crippen molar-refractivity contribution < 1.29 is 13.6 Å². The Kier molecular flexibility index (Phi) is 2.01. The predicted molar refractivity (Wildman–Crippen MR) is 49.5 cm³/mol. The third-order valence-electron chi connectivity index (χ3n) is 1.79. The zero-order valence-corrected chi connectivity index (χ0v) is 8.79. The SMILES string of the molecule is O=C1Nc2nc(Cl)c(Br)cc2C1(F)F. The van der Waals surface area contributed by atoms with Crippen LogP contribution < -0.4 is 5.32 Å². The first kappa shape index (κ1) is 9.79. The lowest BCUT2D eigenvalue weighted by molar-refractivity contribution is -0.139. The number of anilines is 1. The second kappa shape index (κ2) is 2.87. The Morgan fingerprint density at radius 2 is 2.21 bits per heavy atom. The minimum Gasteiger partial charge on any atom is -0.305 e. The van der Waals surface area contributed by atoms with Crippen LogP contribution >= 0.6 is 27.5 Å². The van der Waals surface area contributed by atoms with Gasteiger partial charge in [0.1, 0.15) is 11.0 Å². The maximum atomic E-state index is 13.1. The molecule has 0 bridgehead atoms. The fourth-order valence-electron chi connectivity index (χ4n) is 1.11. The van der Waals surface area contributed by atoms with E-state index in [-0.39, 0.29) is 15.4 Å². The molecule has 0 fully saturated rings. The minimum absolute atomic E-state index is 0.0294. The molecule has 1 amide bonds. The second-order valence-electron chi connectivity index (χ2n) is 2.69. The summed E-state index contributed by atoms with van der Waals surface area (Å²) >= 11 is 8.53. The number of halogens is 4. The van der Waals surface area contributed by atoms with E-state index in [4.69, 9.17) is 11.6 Å². The van der Waals surface area contributed by atoms with Crippen LogP contribution in [-0.4, -0.2) is 10.9 Å². The number of carbonyl (C=O) groups excluding carboxylic acids is 1. The molecule has 0 spiro atoms. The molecular weight excluding hydrogens is 281 g/mol. The molecule has 0 aliphatic carbocycles. The highest BCUT2D eigenvalue weighted by molar-refractivity contribution is 9.10. The number of aromatic nitrogens is 1. The topological polar surface area (TPSA) is 42.0 Å². The molecule has 0 saturated heterocycles. The Morgan fingerprint density at radius 1 is 1.57 bits per heavy atom. The molecule has 7 heteroatoms. The Balaban J connectivity index is 2.67. The van der Waals surface area contributed by atoms with E-state index < -0.39 is 17.4 Å². The maximum absolute atomic E-state index is 13.1. The number of hydrogen-bond acceptors (Lipinski definition) is 2. The van der Waals surface area contributed by atoms with Gasteiger partial charge >= 0.3 is 11.8 Å². The van der Waals surface area contributed by atoms with Gasteiger partial charge in [-0.2, -0.15) is 8.78 Å². The molecule has 0 radical (unpaired) electrons. The molecule has 3 nitrogen and oxygen atoms in total. The molecule has 1 aliphatic heterocycles. The lowest BCUT2D eigenvalue weighted by atomic mass is 10.2. The summed E-state index contributed by atoms with van der Waals surface area (Å²) in [6.45, 7) is 0. The summed E-state index contributed by atoms with van der Waals surface area (Å²) < 4.78 is 26.5. The fourth-order valence-corrected chi connectivity index (χ4v) is 1.57. The molecule has 0 unspecified atom stereocenters. The van der Waals surface area contributed by atoms with Gasteiger partial charge in [-0.3, -0.25) is 4.79 Å². The van der Waals surface area contributed by atoms with Gasteiger partial charge in [-0.15, -0.1) is 0 Å². The lowest BCUT2D eigenvalue weighted by Crippen LogP contribution is -2.23. The van der Waals surface area contributed by atoms with Gasteiger partial charge in [0.15, 0.2) is 0 Å². The van der Waals surface area contributed by atoms with Crippen molar-refractivity contribution in [2.24, 2.45) is 0 Å². The summed E-state index contributed by atoms with van der Waals surface area (Å²) in [6, 6.07) is 1.09. The second-order valence-corrected chi connectivity index (χ2v) is 3.90.